The molecule has 0 amide bonds. The summed E-state index contributed by atoms with van der Waals surface area (Å²) >= 11 is 0. The molecule has 3 nitrogen and oxygen atoms in total. The number of hydrogen-bond donors (Lipinski definition) is 1. The van der Waals surface area contributed by atoms with E-state index in [9.17, 15) is 0 Å². The maximum atomic E-state index is 5.61. The molecule has 2 saturated heterocycles. The van der Waals surface area contributed by atoms with Crippen molar-refractivity contribution in [2.24, 2.45) is 0 Å². The second-order valence-electron chi connectivity index (χ2n) is 6.09. The summed E-state index contributed by atoms with van der Waals surface area (Å²) < 4.78 is 5.61. The van der Waals surface area contributed by atoms with E-state index in [4.69, 9.17) is 4.74 Å². The van der Waals surface area contributed by atoms with Crippen LogP contribution in [0, 0.1) is 0 Å². The van der Waals surface area contributed by atoms with Gasteiger partial charge in [-0.05, 0) is 57.4 Å². The highest BCUT2D eigenvalue weighted by Gasteiger charge is 2.39. The lowest BCUT2D eigenvalue weighted by Gasteiger charge is -2.39. The van der Waals surface area contributed by atoms with Crippen molar-refractivity contribution in [2.75, 3.05) is 13.7 Å². The van der Waals surface area contributed by atoms with E-state index in [1.54, 1.807) is 0 Å². The molecule has 1 aromatic rings. The number of rotatable bonds is 5. The minimum absolute atomic E-state index is 0.721. The topological polar surface area (TPSA) is 24.5 Å². The molecule has 2 atom stereocenters. The normalized spacial score (nSPS) is 29.6. The minimum Gasteiger partial charge on any atom is -0.494 e. The Balaban J connectivity index is 1.68. The van der Waals surface area contributed by atoms with Crippen molar-refractivity contribution in [3.8, 4) is 5.75 Å². The maximum Gasteiger partial charge on any atom is 0.119 e. The third-order valence-electron chi connectivity index (χ3n) is 4.87. The van der Waals surface area contributed by atoms with Crippen LogP contribution in [0.1, 0.15) is 38.2 Å². The molecule has 110 valence electrons. The van der Waals surface area contributed by atoms with Crippen LogP contribution in [0.3, 0.4) is 0 Å². The zero-order valence-corrected chi connectivity index (χ0v) is 12.6. The summed E-state index contributed by atoms with van der Waals surface area (Å²) in [5.74, 6) is 1.00. The minimum atomic E-state index is 0.721. The third kappa shape index (κ3) is 2.84. The molecule has 0 radical (unpaired) electrons. The van der Waals surface area contributed by atoms with Crippen LogP contribution in [0.4, 0.5) is 0 Å². The second-order valence-corrected chi connectivity index (χ2v) is 6.09. The largest absolute Gasteiger partial charge is 0.494 e. The first-order chi connectivity index (χ1) is 9.80. The van der Waals surface area contributed by atoms with E-state index in [0.717, 1.165) is 37.0 Å². The van der Waals surface area contributed by atoms with Crippen LogP contribution in [0.25, 0.3) is 0 Å². The summed E-state index contributed by atoms with van der Waals surface area (Å²) in [6.07, 6.45) is 5.35. The van der Waals surface area contributed by atoms with Crippen molar-refractivity contribution in [3.05, 3.63) is 29.8 Å². The van der Waals surface area contributed by atoms with Crippen molar-refractivity contribution in [3.63, 3.8) is 0 Å². The van der Waals surface area contributed by atoms with Crippen molar-refractivity contribution in [1.82, 2.24) is 10.2 Å². The van der Waals surface area contributed by atoms with Gasteiger partial charge in [-0.1, -0.05) is 12.1 Å². The van der Waals surface area contributed by atoms with E-state index in [1.165, 1.54) is 31.2 Å². The van der Waals surface area contributed by atoms with E-state index in [2.05, 4.69) is 41.5 Å². The van der Waals surface area contributed by atoms with Gasteiger partial charge in [0.2, 0.25) is 0 Å². The molecule has 0 saturated carbocycles. The average molecular weight is 274 g/mol. The van der Waals surface area contributed by atoms with Gasteiger partial charge in [-0.3, -0.25) is 4.90 Å². The fraction of sp³-hybridized carbons (Fsp3) is 0.647. The quantitative estimate of drug-likeness (QED) is 0.893. The van der Waals surface area contributed by atoms with E-state index in [-0.39, 0.29) is 0 Å². The molecule has 0 spiro atoms. The van der Waals surface area contributed by atoms with Crippen LogP contribution in [0.15, 0.2) is 24.3 Å². The van der Waals surface area contributed by atoms with E-state index in [0.29, 0.717) is 0 Å². The highest BCUT2D eigenvalue weighted by atomic mass is 16.5. The highest BCUT2D eigenvalue weighted by Crippen LogP contribution is 2.36. The van der Waals surface area contributed by atoms with Gasteiger partial charge >= 0.3 is 0 Å². The van der Waals surface area contributed by atoms with Gasteiger partial charge in [0.25, 0.3) is 0 Å². The Morgan fingerprint density at radius 1 is 1.25 bits per heavy atom. The van der Waals surface area contributed by atoms with Gasteiger partial charge in [-0.25, -0.2) is 0 Å². The second kappa shape index (κ2) is 6.15. The molecule has 3 heteroatoms. The molecule has 3 rings (SSSR count). The SMILES string of the molecule is CCOc1cccc(CN2C3CCC2CC(NC)C3)c1. The Morgan fingerprint density at radius 2 is 2.00 bits per heavy atom. The smallest absolute Gasteiger partial charge is 0.119 e. The standard InChI is InChI=1S/C17H26N2O/c1-3-20-17-6-4-5-13(9-17)12-19-15-7-8-16(19)11-14(10-15)18-2/h4-6,9,14-16,18H,3,7-8,10-12H2,1-2H3. The summed E-state index contributed by atoms with van der Waals surface area (Å²) in [7, 11) is 2.10. The summed E-state index contributed by atoms with van der Waals surface area (Å²) in [6.45, 7) is 3.85. The lowest BCUT2D eigenvalue weighted by atomic mass is 9.97. The Morgan fingerprint density at radius 3 is 2.65 bits per heavy atom. The Labute approximate surface area is 122 Å². The lowest BCUT2D eigenvalue weighted by molar-refractivity contribution is 0.111. The van der Waals surface area contributed by atoms with Crippen molar-refractivity contribution < 1.29 is 4.74 Å². The number of nitrogens with zero attached hydrogens (tertiary/aromatic N) is 1. The molecule has 2 heterocycles. The molecule has 2 bridgehead atoms. The summed E-state index contributed by atoms with van der Waals surface area (Å²) in [5, 5.41) is 3.47. The molecule has 0 aliphatic carbocycles. The van der Waals surface area contributed by atoms with Crippen LogP contribution < -0.4 is 10.1 Å². The molecular formula is C17H26N2O. The first kappa shape index (κ1) is 13.9. The van der Waals surface area contributed by atoms with Crippen LogP contribution in [-0.2, 0) is 6.54 Å². The highest BCUT2D eigenvalue weighted by molar-refractivity contribution is 5.28. The molecule has 1 N–H and O–H groups in total. The number of ether oxygens (including phenoxy) is 1. The lowest BCUT2D eigenvalue weighted by Crippen LogP contribution is -2.47. The molecule has 2 unspecified atom stereocenters. The predicted molar refractivity (Wildman–Crippen MR) is 82.0 cm³/mol. The molecule has 1 aromatic carbocycles. The third-order valence-corrected chi connectivity index (χ3v) is 4.87. The number of fused-ring (bicyclic) bond motifs is 2. The van der Waals surface area contributed by atoms with Gasteiger partial charge < -0.3 is 10.1 Å². The van der Waals surface area contributed by atoms with Gasteiger partial charge in [0, 0.05) is 24.7 Å². The first-order valence-corrected chi connectivity index (χ1v) is 7.95. The van der Waals surface area contributed by atoms with Gasteiger partial charge in [0.15, 0.2) is 0 Å². The van der Waals surface area contributed by atoms with Crippen LogP contribution >= 0.6 is 0 Å². The zero-order valence-electron chi connectivity index (χ0n) is 12.6. The van der Waals surface area contributed by atoms with E-state index < -0.39 is 0 Å². The van der Waals surface area contributed by atoms with Crippen molar-refractivity contribution in [1.29, 1.82) is 0 Å². The van der Waals surface area contributed by atoms with Gasteiger partial charge in [0.05, 0.1) is 6.61 Å². The number of piperidine rings is 1. The van der Waals surface area contributed by atoms with Gasteiger partial charge in [-0.15, -0.1) is 0 Å². The van der Waals surface area contributed by atoms with Crippen molar-refractivity contribution in [2.45, 2.75) is 57.3 Å². The van der Waals surface area contributed by atoms with Crippen molar-refractivity contribution >= 4 is 0 Å². The molecule has 2 fully saturated rings. The fourth-order valence-electron chi connectivity index (χ4n) is 3.88. The number of nitrogens with one attached hydrogen (secondary N) is 1. The summed E-state index contributed by atoms with van der Waals surface area (Å²) in [6, 6.07) is 10.8. The Bertz CT molecular complexity index is 434. The monoisotopic (exact) mass is 274 g/mol. The van der Waals surface area contributed by atoms with Crippen LogP contribution in [0.2, 0.25) is 0 Å². The van der Waals surface area contributed by atoms with E-state index >= 15 is 0 Å². The maximum absolute atomic E-state index is 5.61. The van der Waals surface area contributed by atoms with Gasteiger partial charge in [-0.2, -0.15) is 0 Å². The number of benzene rings is 1. The Kier molecular flexibility index (Phi) is 4.27. The number of hydrogen-bond acceptors (Lipinski definition) is 3. The first-order valence-electron chi connectivity index (χ1n) is 7.95. The molecular weight excluding hydrogens is 248 g/mol. The Hall–Kier alpha value is -1.06. The van der Waals surface area contributed by atoms with Crippen LogP contribution in [0.5, 0.6) is 5.75 Å². The van der Waals surface area contributed by atoms with E-state index in [1.807, 2.05) is 6.92 Å². The molecule has 2 aliphatic heterocycles. The summed E-state index contributed by atoms with van der Waals surface area (Å²) in [4.78, 5) is 2.72. The summed E-state index contributed by atoms with van der Waals surface area (Å²) in [5.41, 5.74) is 1.38. The average Bonchev–Trinajstić information content (AvgIpc) is 2.71. The molecule has 2 aliphatic rings. The van der Waals surface area contributed by atoms with Crippen LogP contribution in [-0.4, -0.2) is 36.7 Å². The predicted octanol–water partition coefficient (Wildman–Crippen LogP) is 2.80. The molecule has 0 aromatic heterocycles. The van der Waals surface area contributed by atoms with Gasteiger partial charge in [0.1, 0.15) is 5.75 Å². The molecule has 20 heavy (non-hydrogen) atoms. The fourth-order valence-corrected chi connectivity index (χ4v) is 3.88. The zero-order chi connectivity index (χ0) is 13.9.